The highest BCUT2D eigenvalue weighted by molar-refractivity contribution is 5.69. The minimum atomic E-state index is -0.160. The van der Waals surface area contributed by atoms with Gasteiger partial charge in [-0.1, -0.05) is 48.9 Å². The first-order valence-corrected chi connectivity index (χ1v) is 9.39. The molecule has 1 aromatic rings. The fraction of sp³-hybridized carbons (Fsp3) is 0.571. The average molecular weight is 341 g/mol. The van der Waals surface area contributed by atoms with E-state index in [9.17, 15) is 4.79 Å². The van der Waals surface area contributed by atoms with E-state index in [1.54, 1.807) is 0 Å². The van der Waals surface area contributed by atoms with Gasteiger partial charge in [0.25, 0.3) is 0 Å². The molecule has 2 fully saturated rings. The van der Waals surface area contributed by atoms with Gasteiger partial charge >= 0.3 is 6.09 Å². The molecule has 0 aliphatic carbocycles. The standard InChI is InChI=1S/C21H27NO3/c1-21(14-24-15-21)12-17-10-18-8-5-9-19(11-17)22(18)20(23)25-13-16-6-3-2-4-7-16/h2-4,6-7,10,18-19H,5,8-9,11-15H2,1H3. The Labute approximate surface area is 149 Å². The fourth-order valence-electron chi connectivity index (χ4n) is 4.43. The number of carbonyl (C=O) groups is 1. The number of benzene rings is 1. The van der Waals surface area contributed by atoms with Gasteiger partial charge in [-0.2, -0.15) is 0 Å². The van der Waals surface area contributed by atoms with E-state index in [-0.39, 0.29) is 12.1 Å². The smallest absolute Gasteiger partial charge is 0.410 e. The van der Waals surface area contributed by atoms with Gasteiger partial charge in [-0.15, -0.1) is 0 Å². The number of amides is 1. The zero-order valence-corrected chi connectivity index (χ0v) is 14.9. The van der Waals surface area contributed by atoms with Crippen LogP contribution in [-0.2, 0) is 16.1 Å². The van der Waals surface area contributed by atoms with Crippen LogP contribution in [0.25, 0.3) is 0 Å². The molecule has 2 bridgehead atoms. The van der Waals surface area contributed by atoms with E-state index in [1.807, 2.05) is 35.2 Å². The topological polar surface area (TPSA) is 38.8 Å². The molecule has 0 saturated carbocycles. The predicted octanol–water partition coefficient (Wildman–Crippen LogP) is 4.30. The van der Waals surface area contributed by atoms with E-state index in [0.29, 0.717) is 18.1 Å². The number of ether oxygens (including phenoxy) is 2. The van der Waals surface area contributed by atoms with Gasteiger partial charge in [0.2, 0.25) is 0 Å². The fourth-order valence-corrected chi connectivity index (χ4v) is 4.43. The van der Waals surface area contributed by atoms with Crippen LogP contribution in [0.15, 0.2) is 42.0 Å². The third kappa shape index (κ3) is 3.59. The van der Waals surface area contributed by atoms with Crippen molar-refractivity contribution >= 4 is 6.09 Å². The lowest BCUT2D eigenvalue weighted by Crippen LogP contribution is -2.52. The van der Waals surface area contributed by atoms with Crippen LogP contribution in [0.1, 0.15) is 44.6 Å². The summed E-state index contributed by atoms with van der Waals surface area (Å²) in [7, 11) is 0. The molecular formula is C21H27NO3. The van der Waals surface area contributed by atoms with Crippen LogP contribution in [0.2, 0.25) is 0 Å². The molecule has 2 unspecified atom stereocenters. The van der Waals surface area contributed by atoms with Crippen LogP contribution >= 0.6 is 0 Å². The quantitative estimate of drug-likeness (QED) is 0.766. The van der Waals surface area contributed by atoms with Gasteiger partial charge in [0.1, 0.15) is 6.61 Å². The SMILES string of the molecule is CC1(CC2=CC3CCCC(C2)N3C(=O)OCc2ccccc2)COC1. The van der Waals surface area contributed by atoms with Gasteiger partial charge in [0.05, 0.1) is 19.3 Å². The lowest BCUT2D eigenvalue weighted by molar-refractivity contribution is -0.101. The van der Waals surface area contributed by atoms with Crippen LogP contribution in [0.5, 0.6) is 0 Å². The van der Waals surface area contributed by atoms with Crippen molar-refractivity contribution in [3.05, 3.63) is 47.5 Å². The summed E-state index contributed by atoms with van der Waals surface area (Å²) in [5, 5.41) is 0. The Bertz CT molecular complexity index is 650. The highest BCUT2D eigenvalue weighted by Crippen LogP contribution is 2.40. The highest BCUT2D eigenvalue weighted by atomic mass is 16.6. The summed E-state index contributed by atoms with van der Waals surface area (Å²) in [5.74, 6) is 0. The summed E-state index contributed by atoms with van der Waals surface area (Å²) in [6.45, 7) is 4.38. The maximum absolute atomic E-state index is 12.7. The molecule has 4 rings (SSSR count). The van der Waals surface area contributed by atoms with Crippen molar-refractivity contribution in [2.24, 2.45) is 5.41 Å². The van der Waals surface area contributed by atoms with E-state index in [1.165, 1.54) is 12.0 Å². The van der Waals surface area contributed by atoms with Crippen molar-refractivity contribution in [1.82, 2.24) is 4.90 Å². The number of rotatable bonds is 4. The number of piperidine rings is 1. The van der Waals surface area contributed by atoms with Crippen LogP contribution in [0, 0.1) is 5.41 Å². The minimum absolute atomic E-state index is 0.160. The van der Waals surface area contributed by atoms with Crippen molar-refractivity contribution in [3.63, 3.8) is 0 Å². The van der Waals surface area contributed by atoms with Gasteiger partial charge < -0.3 is 9.47 Å². The summed E-state index contributed by atoms with van der Waals surface area (Å²) >= 11 is 0. The molecular weight excluding hydrogens is 314 g/mol. The summed E-state index contributed by atoms with van der Waals surface area (Å²) in [6, 6.07) is 10.4. The molecule has 4 nitrogen and oxygen atoms in total. The number of carbonyl (C=O) groups excluding carboxylic acids is 1. The molecule has 1 aromatic carbocycles. The number of hydrogen-bond donors (Lipinski definition) is 0. The molecule has 0 aromatic heterocycles. The van der Waals surface area contributed by atoms with Crippen molar-refractivity contribution in [2.75, 3.05) is 13.2 Å². The van der Waals surface area contributed by atoms with Crippen LogP contribution in [0.4, 0.5) is 4.79 Å². The van der Waals surface area contributed by atoms with Crippen molar-refractivity contribution in [2.45, 2.75) is 57.7 Å². The van der Waals surface area contributed by atoms with Crippen molar-refractivity contribution in [3.8, 4) is 0 Å². The van der Waals surface area contributed by atoms with E-state index in [4.69, 9.17) is 9.47 Å². The van der Waals surface area contributed by atoms with Gasteiger partial charge in [0, 0.05) is 11.5 Å². The summed E-state index contributed by atoms with van der Waals surface area (Å²) in [4.78, 5) is 14.7. The zero-order chi connectivity index (χ0) is 17.3. The summed E-state index contributed by atoms with van der Waals surface area (Å²) in [5.41, 5.74) is 2.84. The third-order valence-corrected chi connectivity index (χ3v) is 5.68. The molecule has 0 spiro atoms. The number of nitrogens with zero attached hydrogens (tertiary/aromatic N) is 1. The van der Waals surface area contributed by atoms with Gasteiger partial charge in [-0.3, -0.25) is 4.90 Å². The molecule has 3 aliphatic heterocycles. The Kier molecular flexibility index (Phi) is 4.55. The Morgan fingerprint density at radius 3 is 2.76 bits per heavy atom. The van der Waals surface area contributed by atoms with Crippen molar-refractivity contribution < 1.29 is 14.3 Å². The molecule has 1 amide bonds. The lowest BCUT2D eigenvalue weighted by Gasteiger charge is -2.46. The van der Waals surface area contributed by atoms with E-state index < -0.39 is 0 Å². The molecule has 2 saturated heterocycles. The van der Waals surface area contributed by atoms with Crippen LogP contribution in [-0.4, -0.2) is 36.3 Å². The molecule has 2 atom stereocenters. The highest BCUT2D eigenvalue weighted by Gasteiger charge is 2.41. The van der Waals surface area contributed by atoms with Gasteiger partial charge in [0.15, 0.2) is 0 Å². The van der Waals surface area contributed by atoms with Gasteiger partial charge in [-0.05, 0) is 37.7 Å². The van der Waals surface area contributed by atoms with E-state index >= 15 is 0 Å². The monoisotopic (exact) mass is 341 g/mol. The van der Waals surface area contributed by atoms with Crippen LogP contribution < -0.4 is 0 Å². The minimum Gasteiger partial charge on any atom is -0.445 e. The first-order chi connectivity index (χ1) is 12.1. The Morgan fingerprint density at radius 2 is 2.08 bits per heavy atom. The summed E-state index contributed by atoms with van der Waals surface area (Å²) in [6.07, 6.45) is 7.60. The Balaban J connectivity index is 1.41. The molecule has 134 valence electrons. The number of fused-ring (bicyclic) bond motifs is 2. The molecule has 4 heteroatoms. The average Bonchev–Trinajstić information content (AvgIpc) is 2.58. The normalized spacial score (nSPS) is 27.2. The first kappa shape index (κ1) is 16.6. The molecule has 3 aliphatic rings. The lowest BCUT2D eigenvalue weighted by atomic mass is 9.76. The number of hydrogen-bond acceptors (Lipinski definition) is 3. The zero-order valence-electron chi connectivity index (χ0n) is 14.9. The van der Waals surface area contributed by atoms with E-state index in [0.717, 1.165) is 44.5 Å². The van der Waals surface area contributed by atoms with Crippen molar-refractivity contribution in [1.29, 1.82) is 0 Å². The summed E-state index contributed by atoms with van der Waals surface area (Å²) < 4.78 is 11.0. The third-order valence-electron chi connectivity index (χ3n) is 5.68. The van der Waals surface area contributed by atoms with E-state index in [2.05, 4.69) is 13.0 Å². The maximum atomic E-state index is 12.7. The van der Waals surface area contributed by atoms with Crippen LogP contribution in [0.3, 0.4) is 0 Å². The Hall–Kier alpha value is -1.81. The van der Waals surface area contributed by atoms with Gasteiger partial charge in [-0.25, -0.2) is 4.79 Å². The molecule has 25 heavy (non-hydrogen) atoms. The first-order valence-electron chi connectivity index (χ1n) is 9.39. The predicted molar refractivity (Wildman–Crippen MR) is 96.1 cm³/mol. The maximum Gasteiger partial charge on any atom is 0.410 e. The molecule has 0 N–H and O–H groups in total. The molecule has 3 heterocycles. The largest absolute Gasteiger partial charge is 0.445 e. The second kappa shape index (κ2) is 6.83. The second-order valence-corrected chi connectivity index (χ2v) is 8.11. The second-order valence-electron chi connectivity index (χ2n) is 8.11. The Morgan fingerprint density at radius 1 is 1.28 bits per heavy atom. The molecule has 0 radical (unpaired) electrons.